The van der Waals surface area contributed by atoms with Gasteiger partial charge in [0.25, 0.3) is 0 Å². The van der Waals surface area contributed by atoms with Crippen LogP contribution >= 0.6 is 0 Å². The van der Waals surface area contributed by atoms with Crippen LogP contribution in [0.1, 0.15) is 18.4 Å². The van der Waals surface area contributed by atoms with Gasteiger partial charge >= 0.3 is 0 Å². The number of benzene rings is 1. The van der Waals surface area contributed by atoms with Gasteiger partial charge in [-0.1, -0.05) is 23.4 Å². The Morgan fingerprint density at radius 1 is 1.50 bits per heavy atom. The number of nitrogens with zero attached hydrogens (tertiary/aromatic N) is 2. The monoisotopic (exact) mass is 279 g/mol. The van der Waals surface area contributed by atoms with Crippen LogP contribution in [0.4, 0.5) is 4.39 Å². The van der Waals surface area contributed by atoms with E-state index in [-0.39, 0.29) is 29.9 Å². The predicted molar refractivity (Wildman–Crippen MR) is 72.8 cm³/mol. The summed E-state index contributed by atoms with van der Waals surface area (Å²) in [5.74, 6) is -0.483. The second-order valence-corrected chi connectivity index (χ2v) is 4.97. The van der Waals surface area contributed by atoms with Crippen LogP contribution in [0.3, 0.4) is 0 Å². The highest BCUT2D eigenvalue weighted by molar-refractivity contribution is 5.84. The number of hydrogen-bond acceptors (Lipinski definition) is 3. The Labute approximate surface area is 116 Å². The van der Waals surface area contributed by atoms with Crippen molar-refractivity contribution in [2.45, 2.75) is 19.3 Å². The molecule has 0 aromatic heterocycles. The van der Waals surface area contributed by atoms with Gasteiger partial charge in [0.2, 0.25) is 5.91 Å². The lowest BCUT2D eigenvalue weighted by atomic mass is 9.96. The van der Waals surface area contributed by atoms with Gasteiger partial charge in [0.1, 0.15) is 11.7 Å². The van der Waals surface area contributed by atoms with Crippen LogP contribution in [-0.4, -0.2) is 34.9 Å². The SMILES string of the molecule is NC(=NO)C1CCCN(C(=O)Cc2ccccc2F)C1. The van der Waals surface area contributed by atoms with Crippen molar-refractivity contribution < 1.29 is 14.4 Å². The minimum absolute atomic E-state index is 0.0373. The van der Waals surface area contributed by atoms with Gasteiger partial charge in [0, 0.05) is 19.0 Å². The fourth-order valence-corrected chi connectivity index (χ4v) is 2.44. The summed E-state index contributed by atoms with van der Waals surface area (Å²) in [6.45, 7) is 1.05. The maximum absolute atomic E-state index is 13.5. The third-order valence-corrected chi connectivity index (χ3v) is 3.61. The molecule has 0 aliphatic carbocycles. The van der Waals surface area contributed by atoms with Gasteiger partial charge in [-0.3, -0.25) is 4.79 Å². The second kappa shape index (κ2) is 6.36. The molecule has 1 aromatic rings. The quantitative estimate of drug-likeness (QED) is 0.379. The van der Waals surface area contributed by atoms with Crippen LogP contribution in [-0.2, 0) is 11.2 Å². The number of carbonyl (C=O) groups is 1. The van der Waals surface area contributed by atoms with Gasteiger partial charge in [0.05, 0.1) is 6.42 Å². The number of carbonyl (C=O) groups excluding carboxylic acids is 1. The summed E-state index contributed by atoms with van der Waals surface area (Å²) in [7, 11) is 0. The van der Waals surface area contributed by atoms with Crippen molar-refractivity contribution in [1.29, 1.82) is 0 Å². The van der Waals surface area contributed by atoms with Crippen molar-refractivity contribution in [2.75, 3.05) is 13.1 Å². The topological polar surface area (TPSA) is 78.9 Å². The van der Waals surface area contributed by atoms with E-state index in [4.69, 9.17) is 10.9 Å². The summed E-state index contributed by atoms with van der Waals surface area (Å²) in [5.41, 5.74) is 5.98. The molecule has 1 aromatic carbocycles. The molecule has 20 heavy (non-hydrogen) atoms. The molecule has 1 unspecified atom stereocenters. The molecule has 0 radical (unpaired) electrons. The normalized spacial score (nSPS) is 19.9. The summed E-state index contributed by atoms with van der Waals surface area (Å²) < 4.78 is 13.5. The Morgan fingerprint density at radius 3 is 2.95 bits per heavy atom. The Kier molecular flexibility index (Phi) is 4.55. The minimum atomic E-state index is -0.370. The Balaban J connectivity index is 2.01. The van der Waals surface area contributed by atoms with Crippen molar-refractivity contribution >= 4 is 11.7 Å². The molecule has 0 bridgehead atoms. The van der Waals surface area contributed by atoms with Crippen LogP contribution in [0.2, 0.25) is 0 Å². The molecule has 0 saturated carbocycles. The van der Waals surface area contributed by atoms with Crippen molar-refractivity contribution in [1.82, 2.24) is 4.90 Å². The van der Waals surface area contributed by atoms with E-state index in [9.17, 15) is 9.18 Å². The Morgan fingerprint density at radius 2 is 2.25 bits per heavy atom. The van der Waals surface area contributed by atoms with Crippen molar-refractivity contribution in [3.05, 3.63) is 35.6 Å². The van der Waals surface area contributed by atoms with E-state index in [0.717, 1.165) is 12.8 Å². The van der Waals surface area contributed by atoms with Gasteiger partial charge in [-0.05, 0) is 24.5 Å². The first-order valence-corrected chi connectivity index (χ1v) is 6.60. The zero-order valence-electron chi connectivity index (χ0n) is 11.1. The zero-order valence-corrected chi connectivity index (χ0v) is 11.1. The molecule has 0 spiro atoms. The number of amidine groups is 1. The third-order valence-electron chi connectivity index (χ3n) is 3.61. The van der Waals surface area contributed by atoms with Gasteiger partial charge in [-0.15, -0.1) is 0 Å². The third kappa shape index (κ3) is 3.26. The van der Waals surface area contributed by atoms with Crippen LogP contribution < -0.4 is 5.73 Å². The van der Waals surface area contributed by atoms with Gasteiger partial charge in [0.15, 0.2) is 0 Å². The van der Waals surface area contributed by atoms with E-state index in [1.165, 1.54) is 6.07 Å². The van der Waals surface area contributed by atoms with Gasteiger partial charge in [-0.2, -0.15) is 0 Å². The molecular formula is C14H18FN3O2. The van der Waals surface area contributed by atoms with Crippen LogP contribution in [0.25, 0.3) is 0 Å². The smallest absolute Gasteiger partial charge is 0.227 e. The number of halogens is 1. The molecule has 2 rings (SSSR count). The second-order valence-electron chi connectivity index (χ2n) is 4.97. The summed E-state index contributed by atoms with van der Waals surface area (Å²) in [5, 5.41) is 11.7. The largest absolute Gasteiger partial charge is 0.409 e. The fourth-order valence-electron chi connectivity index (χ4n) is 2.44. The molecule has 108 valence electrons. The van der Waals surface area contributed by atoms with Crippen molar-refractivity contribution in [3.8, 4) is 0 Å². The van der Waals surface area contributed by atoms with Crippen molar-refractivity contribution in [2.24, 2.45) is 16.8 Å². The highest BCUT2D eigenvalue weighted by Crippen LogP contribution is 2.18. The number of hydrogen-bond donors (Lipinski definition) is 2. The lowest BCUT2D eigenvalue weighted by Gasteiger charge is -2.32. The predicted octanol–water partition coefficient (Wildman–Crippen LogP) is 1.35. The molecule has 1 amide bonds. The molecule has 1 heterocycles. The summed E-state index contributed by atoms with van der Waals surface area (Å²) in [6, 6.07) is 6.26. The number of rotatable bonds is 3. The van der Waals surface area contributed by atoms with E-state index in [1.54, 1.807) is 23.1 Å². The minimum Gasteiger partial charge on any atom is -0.409 e. The first-order chi connectivity index (χ1) is 9.61. The average Bonchev–Trinajstić information content (AvgIpc) is 2.49. The zero-order chi connectivity index (χ0) is 14.5. The number of piperidine rings is 1. The number of likely N-dealkylation sites (tertiary alicyclic amines) is 1. The standard InChI is InChI=1S/C14H18FN3O2/c15-12-6-2-1-4-10(12)8-13(19)18-7-3-5-11(9-18)14(16)17-20/h1-2,4,6,11,20H,3,5,7-9H2,(H2,16,17). The first kappa shape index (κ1) is 14.3. The van der Waals surface area contributed by atoms with Crippen molar-refractivity contribution in [3.63, 3.8) is 0 Å². The van der Waals surface area contributed by atoms with Crippen LogP contribution in [0.15, 0.2) is 29.4 Å². The van der Waals surface area contributed by atoms with E-state index in [1.807, 2.05) is 0 Å². The molecular weight excluding hydrogens is 261 g/mol. The number of nitrogens with two attached hydrogens (primary N) is 1. The van der Waals surface area contributed by atoms with E-state index >= 15 is 0 Å². The van der Waals surface area contributed by atoms with Crippen LogP contribution in [0, 0.1) is 11.7 Å². The lowest BCUT2D eigenvalue weighted by molar-refractivity contribution is -0.131. The summed E-state index contributed by atoms with van der Waals surface area (Å²) in [4.78, 5) is 13.8. The molecule has 1 aliphatic heterocycles. The van der Waals surface area contributed by atoms with E-state index in [0.29, 0.717) is 18.7 Å². The summed E-state index contributed by atoms with van der Waals surface area (Å²) >= 11 is 0. The van der Waals surface area contributed by atoms with Crippen LogP contribution in [0.5, 0.6) is 0 Å². The molecule has 1 fully saturated rings. The maximum atomic E-state index is 13.5. The Bertz CT molecular complexity index is 519. The molecule has 1 aliphatic rings. The average molecular weight is 279 g/mol. The van der Waals surface area contributed by atoms with Gasteiger partial charge in [-0.25, -0.2) is 4.39 Å². The fraction of sp³-hybridized carbons (Fsp3) is 0.429. The highest BCUT2D eigenvalue weighted by Gasteiger charge is 2.26. The number of amides is 1. The summed E-state index contributed by atoms with van der Waals surface area (Å²) in [6.07, 6.45) is 1.62. The molecule has 6 heteroatoms. The molecule has 1 atom stereocenters. The lowest BCUT2D eigenvalue weighted by Crippen LogP contribution is -2.44. The molecule has 3 N–H and O–H groups in total. The molecule has 5 nitrogen and oxygen atoms in total. The highest BCUT2D eigenvalue weighted by atomic mass is 19.1. The van der Waals surface area contributed by atoms with E-state index in [2.05, 4.69) is 5.16 Å². The maximum Gasteiger partial charge on any atom is 0.227 e. The van der Waals surface area contributed by atoms with Gasteiger partial charge < -0.3 is 15.8 Å². The Hall–Kier alpha value is -2.11. The first-order valence-electron chi connectivity index (χ1n) is 6.60. The van der Waals surface area contributed by atoms with E-state index < -0.39 is 0 Å². The number of oxime groups is 1. The molecule has 1 saturated heterocycles.